The average molecular weight is 357 g/mol. The number of hydrogen-bond acceptors (Lipinski definition) is 2. The van der Waals surface area contributed by atoms with Crippen molar-refractivity contribution in [3.63, 3.8) is 0 Å². The number of halogens is 2. The second-order valence-corrected chi connectivity index (χ2v) is 6.10. The van der Waals surface area contributed by atoms with Crippen molar-refractivity contribution in [3.8, 4) is 0 Å². The maximum atomic E-state index is 13.2. The second kappa shape index (κ2) is 7.75. The normalized spacial score (nSPS) is 20.0. The SMILES string of the molecule is CCN1CCCC1CNC(N)=NCc1cc(F)ccc1Br. The lowest BCUT2D eigenvalue weighted by molar-refractivity contribution is 0.267. The molecule has 1 atom stereocenters. The highest BCUT2D eigenvalue weighted by Crippen LogP contribution is 2.18. The minimum absolute atomic E-state index is 0.264. The van der Waals surface area contributed by atoms with Gasteiger partial charge in [0.2, 0.25) is 0 Å². The van der Waals surface area contributed by atoms with E-state index in [2.05, 4.69) is 38.1 Å². The highest BCUT2D eigenvalue weighted by molar-refractivity contribution is 9.10. The van der Waals surface area contributed by atoms with Crippen LogP contribution in [0.1, 0.15) is 25.3 Å². The molecule has 0 aliphatic carbocycles. The summed E-state index contributed by atoms with van der Waals surface area (Å²) in [6.07, 6.45) is 2.44. The van der Waals surface area contributed by atoms with Gasteiger partial charge in [0.15, 0.2) is 5.96 Å². The Balaban J connectivity index is 1.85. The summed E-state index contributed by atoms with van der Waals surface area (Å²) in [5.74, 6) is 0.147. The van der Waals surface area contributed by atoms with Crippen LogP contribution < -0.4 is 11.1 Å². The van der Waals surface area contributed by atoms with Crippen molar-refractivity contribution in [1.82, 2.24) is 10.2 Å². The number of hydrogen-bond donors (Lipinski definition) is 2. The number of likely N-dealkylation sites (N-methyl/N-ethyl adjacent to an activating group) is 1. The van der Waals surface area contributed by atoms with Crippen molar-refractivity contribution in [2.45, 2.75) is 32.4 Å². The van der Waals surface area contributed by atoms with Gasteiger partial charge in [-0.2, -0.15) is 0 Å². The van der Waals surface area contributed by atoms with Gasteiger partial charge in [-0.3, -0.25) is 4.90 Å². The maximum absolute atomic E-state index is 13.2. The third-order valence-electron chi connectivity index (χ3n) is 3.85. The Bertz CT molecular complexity index is 506. The van der Waals surface area contributed by atoms with Gasteiger partial charge < -0.3 is 11.1 Å². The standard InChI is InChI=1S/C15H22BrFN4/c1-2-21-7-3-4-13(21)10-20-15(18)19-9-11-8-12(17)5-6-14(11)16/h5-6,8,13H,2-4,7,9-10H2,1H3,(H3,18,19,20). The molecule has 1 aliphatic heterocycles. The van der Waals surface area contributed by atoms with Crippen molar-refractivity contribution < 1.29 is 4.39 Å². The first-order valence-corrected chi connectivity index (χ1v) is 8.11. The molecule has 0 bridgehead atoms. The van der Waals surface area contributed by atoms with Gasteiger partial charge in [0.05, 0.1) is 6.54 Å². The quantitative estimate of drug-likeness (QED) is 0.629. The van der Waals surface area contributed by atoms with Crippen LogP contribution >= 0.6 is 15.9 Å². The van der Waals surface area contributed by atoms with E-state index in [1.54, 1.807) is 6.07 Å². The van der Waals surface area contributed by atoms with Gasteiger partial charge in [-0.1, -0.05) is 22.9 Å². The molecule has 2 rings (SSSR count). The number of benzene rings is 1. The number of nitrogens with one attached hydrogen (secondary N) is 1. The van der Waals surface area contributed by atoms with Crippen LogP contribution in [0.4, 0.5) is 4.39 Å². The Labute approximate surface area is 133 Å². The molecule has 21 heavy (non-hydrogen) atoms. The van der Waals surface area contributed by atoms with E-state index >= 15 is 0 Å². The third kappa shape index (κ3) is 4.68. The van der Waals surface area contributed by atoms with Gasteiger partial charge in [0, 0.05) is 17.1 Å². The van der Waals surface area contributed by atoms with Crippen LogP contribution in [0, 0.1) is 5.82 Å². The van der Waals surface area contributed by atoms with Crippen molar-refractivity contribution in [2.24, 2.45) is 10.7 Å². The minimum Gasteiger partial charge on any atom is -0.370 e. The summed E-state index contributed by atoms with van der Waals surface area (Å²) in [4.78, 5) is 6.72. The molecular formula is C15H22BrFN4. The van der Waals surface area contributed by atoms with Gasteiger partial charge in [-0.15, -0.1) is 0 Å². The molecular weight excluding hydrogens is 335 g/mol. The summed E-state index contributed by atoms with van der Waals surface area (Å²) in [7, 11) is 0. The zero-order valence-corrected chi connectivity index (χ0v) is 13.9. The number of rotatable bonds is 5. The zero-order chi connectivity index (χ0) is 15.2. The molecule has 116 valence electrons. The minimum atomic E-state index is -0.264. The summed E-state index contributed by atoms with van der Waals surface area (Å²) < 4.78 is 14.0. The van der Waals surface area contributed by atoms with Crippen LogP contribution in [0.25, 0.3) is 0 Å². The Kier molecular flexibility index (Phi) is 5.99. The van der Waals surface area contributed by atoms with Gasteiger partial charge in [-0.25, -0.2) is 9.38 Å². The fourth-order valence-electron chi connectivity index (χ4n) is 2.66. The Hall–Kier alpha value is -1.14. The molecule has 0 saturated carbocycles. The van der Waals surface area contributed by atoms with E-state index in [4.69, 9.17) is 5.73 Å². The molecule has 1 aliphatic rings. The largest absolute Gasteiger partial charge is 0.370 e. The number of nitrogens with two attached hydrogens (primary N) is 1. The average Bonchev–Trinajstić information content (AvgIpc) is 2.93. The Morgan fingerprint density at radius 2 is 2.38 bits per heavy atom. The van der Waals surface area contributed by atoms with Crippen molar-refractivity contribution in [3.05, 3.63) is 34.1 Å². The van der Waals surface area contributed by atoms with Crippen LogP contribution in [-0.4, -0.2) is 36.5 Å². The number of nitrogens with zero attached hydrogens (tertiary/aromatic N) is 2. The molecule has 0 aromatic heterocycles. The van der Waals surface area contributed by atoms with Crippen LogP contribution in [0.3, 0.4) is 0 Å². The van der Waals surface area contributed by atoms with E-state index in [0.29, 0.717) is 18.5 Å². The lowest BCUT2D eigenvalue weighted by Crippen LogP contribution is -2.42. The second-order valence-electron chi connectivity index (χ2n) is 5.24. The van der Waals surface area contributed by atoms with Gasteiger partial charge in [0.1, 0.15) is 5.82 Å². The topological polar surface area (TPSA) is 53.6 Å². The third-order valence-corrected chi connectivity index (χ3v) is 4.63. The summed E-state index contributed by atoms with van der Waals surface area (Å²) in [6, 6.07) is 5.10. The molecule has 1 heterocycles. The number of guanidine groups is 1. The lowest BCUT2D eigenvalue weighted by Gasteiger charge is -2.23. The molecule has 0 amide bonds. The highest BCUT2D eigenvalue weighted by Gasteiger charge is 2.22. The Morgan fingerprint density at radius 1 is 1.57 bits per heavy atom. The van der Waals surface area contributed by atoms with Gasteiger partial charge in [-0.05, 0) is 49.7 Å². The molecule has 6 heteroatoms. The van der Waals surface area contributed by atoms with E-state index in [1.165, 1.54) is 25.0 Å². The smallest absolute Gasteiger partial charge is 0.188 e. The van der Waals surface area contributed by atoms with E-state index in [-0.39, 0.29) is 5.82 Å². The first-order chi connectivity index (χ1) is 10.1. The maximum Gasteiger partial charge on any atom is 0.188 e. The molecule has 4 nitrogen and oxygen atoms in total. The van der Waals surface area contributed by atoms with Crippen LogP contribution in [0.2, 0.25) is 0 Å². The molecule has 0 spiro atoms. The molecule has 1 aromatic carbocycles. The van der Waals surface area contributed by atoms with E-state index < -0.39 is 0 Å². The van der Waals surface area contributed by atoms with Crippen LogP contribution in [0.15, 0.2) is 27.7 Å². The van der Waals surface area contributed by atoms with Crippen molar-refractivity contribution in [2.75, 3.05) is 19.6 Å². The van der Waals surface area contributed by atoms with E-state index in [9.17, 15) is 4.39 Å². The summed E-state index contributed by atoms with van der Waals surface area (Å²) in [6.45, 7) is 5.58. The van der Waals surface area contributed by atoms with E-state index in [0.717, 1.165) is 29.7 Å². The molecule has 0 radical (unpaired) electrons. The summed E-state index contributed by atoms with van der Waals surface area (Å²) >= 11 is 3.39. The summed E-state index contributed by atoms with van der Waals surface area (Å²) in [5.41, 5.74) is 6.67. The fraction of sp³-hybridized carbons (Fsp3) is 0.533. The summed E-state index contributed by atoms with van der Waals surface area (Å²) in [5, 5.41) is 3.17. The lowest BCUT2D eigenvalue weighted by atomic mass is 10.2. The first kappa shape index (κ1) is 16.2. The molecule has 1 saturated heterocycles. The zero-order valence-electron chi connectivity index (χ0n) is 12.3. The fourth-order valence-corrected chi connectivity index (χ4v) is 3.03. The van der Waals surface area contributed by atoms with Crippen molar-refractivity contribution >= 4 is 21.9 Å². The van der Waals surface area contributed by atoms with Crippen LogP contribution in [-0.2, 0) is 6.54 Å². The van der Waals surface area contributed by atoms with E-state index in [1.807, 2.05) is 0 Å². The molecule has 3 N–H and O–H groups in total. The highest BCUT2D eigenvalue weighted by atomic mass is 79.9. The van der Waals surface area contributed by atoms with Gasteiger partial charge >= 0.3 is 0 Å². The predicted octanol–water partition coefficient (Wildman–Crippen LogP) is 2.48. The molecule has 1 fully saturated rings. The van der Waals surface area contributed by atoms with Crippen molar-refractivity contribution in [1.29, 1.82) is 0 Å². The molecule has 1 aromatic rings. The Morgan fingerprint density at radius 3 is 3.14 bits per heavy atom. The predicted molar refractivity (Wildman–Crippen MR) is 87.7 cm³/mol. The monoisotopic (exact) mass is 356 g/mol. The number of aliphatic imine (C=N–C) groups is 1. The van der Waals surface area contributed by atoms with Crippen LogP contribution in [0.5, 0.6) is 0 Å². The van der Waals surface area contributed by atoms with Gasteiger partial charge in [0.25, 0.3) is 0 Å². The first-order valence-electron chi connectivity index (χ1n) is 7.32. The molecule has 1 unspecified atom stereocenters. The number of likely N-dealkylation sites (tertiary alicyclic amines) is 1.